The summed E-state index contributed by atoms with van der Waals surface area (Å²) in [5.41, 5.74) is 3.66. The Balaban J connectivity index is 1.23. The van der Waals surface area contributed by atoms with E-state index < -0.39 is 0 Å². The molecule has 1 heterocycles. The van der Waals surface area contributed by atoms with E-state index in [4.69, 9.17) is 23.7 Å². The van der Waals surface area contributed by atoms with Crippen LogP contribution in [0.15, 0.2) is 79.0 Å². The van der Waals surface area contributed by atoms with Gasteiger partial charge in [-0.2, -0.15) is 0 Å². The quantitative estimate of drug-likeness (QED) is 0.187. The van der Waals surface area contributed by atoms with E-state index >= 15 is 0 Å². The molecule has 0 atom stereocenters. The zero-order valence-electron chi connectivity index (χ0n) is 26.1. The van der Waals surface area contributed by atoms with Crippen LogP contribution in [0.4, 0.5) is 0 Å². The van der Waals surface area contributed by atoms with Gasteiger partial charge in [0.15, 0.2) is 23.0 Å². The van der Waals surface area contributed by atoms with Crippen molar-refractivity contribution < 1.29 is 33.3 Å². The molecule has 0 saturated heterocycles. The molecule has 0 spiro atoms. The summed E-state index contributed by atoms with van der Waals surface area (Å²) in [6.45, 7) is 1.01. The SMILES string of the molecule is COc1cccc(CCNC(=O)Cc2ccc(Oc3ccc(CC(=O)NCCc4ccc(OC)c(OC)c4)cn3)c(OC)c2)c1. The molecule has 0 bridgehead atoms. The minimum absolute atomic E-state index is 0.0872. The summed E-state index contributed by atoms with van der Waals surface area (Å²) in [4.78, 5) is 29.4. The summed E-state index contributed by atoms with van der Waals surface area (Å²) in [6, 6.07) is 22.3. The number of ether oxygens (including phenoxy) is 5. The largest absolute Gasteiger partial charge is 0.497 e. The molecule has 1 aromatic heterocycles. The van der Waals surface area contributed by atoms with Crippen LogP contribution in [0, 0.1) is 0 Å². The van der Waals surface area contributed by atoms with Crippen molar-refractivity contribution in [1.82, 2.24) is 15.6 Å². The Morgan fingerprint density at radius 2 is 1.18 bits per heavy atom. The molecule has 0 aliphatic heterocycles. The van der Waals surface area contributed by atoms with Gasteiger partial charge in [0.1, 0.15) is 5.75 Å². The topological polar surface area (TPSA) is 117 Å². The van der Waals surface area contributed by atoms with Crippen LogP contribution in [0.25, 0.3) is 0 Å². The van der Waals surface area contributed by atoms with E-state index in [1.807, 2.05) is 48.5 Å². The first kappa shape index (κ1) is 32.7. The van der Waals surface area contributed by atoms with Crippen LogP contribution in [0.2, 0.25) is 0 Å². The molecule has 2 N–H and O–H groups in total. The fourth-order valence-corrected chi connectivity index (χ4v) is 4.65. The van der Waals surface area contributed by atoms with Crippen LogP contribution in [0.1, 0.15) is 22.3 Å². The monoisotopic (exact) mass is 613 g/mol. The van der Waals surface area contributed by atoms with E-state index in [0.717, 1.165) is 28.0 Å². The molecular formula is C35H39N3O7. The highest BCUT2D eigenvalue weighted by Gasteiger charge is 2.12. The predicted molar refractivity (Wildman–Crippen MR) is 171 cm³/mol. The van der Waals surface area contributed by atoms with E-state index in [-0.39, 0.29) is 24.7 Å². The molecule has 4 aromatic rings. The van der Waals surface area contributed by atoms with E-state index in [2.05, 4.69) is 15.6 Å². The Bertz CT molecular complexity index is 1570. The number of rotatable bonds is 16. The van der Waals surface area contributed by atoms with Gasteiger partial charge < -0.3 is 34.3 Å². The summed E-state index contributed by atoms with van der Waals surface area (Å²) in [5, 5.41) is 5.89. The molecule has 3 aromatic carbocycles. The Labute approximate surface area is 263 Å². The molecule has 0 aliphatic carbocycles. The number of aromatic nitrogens is 1. The molecular weight excluding hydrogens is 574 g/mol. The van der Waals surface area contributed by atoms with Gasteiger partial charge in [-0.15, -0.1) is 0 Å². The number of amides is 2. The van der Waals surface area contributed by atoms with Gasteiger partial charge in [0.2, 0.25) is 17.7 Å². The number of hydrogen-bond donors (Lipinski definition) is 2. The van der Waals surface area contributed by atoms with Crippen LogP contribution < -0.4 is 34.3 Å². The molecule has 10 nitrogen and oxygen atoms in total. The molecule has 10 heteroatoms. The highest BCUT2D eigenvalue weighted by Crippen LogP contribution is 2.32. The number of pyridine rings is 1. The number of nitrogens with one attached hydrogen (secondary N) is 2. The summed E-state index contributed by atoms with van der Waals surface area (Å²) in [6.07, 6.45) is 3.37. The fraction of sp³-hybridized carbons (Fsp3) is 0.286. The Morgan fingerprint density at radius 3 is 1.82 bits per heavy atom. The van der Waals surface area contributed by atoms with Gasteiger partial charge in [0.05, 0.1) is 41.3 Å². The minimum atomic E-state index is -0.104. The number of carbonyl (C=O) groups is 2. The molecule has 236 valence electrons. The lowest BCUT2D eigenvalue weighted by Gasteiger charge is -2.12. The van der Waals surface area contributed by atoms with Gasteiger partial charge in [0, 0.05) is 25.4 Å². The highest BCUT2D eigenvalue weighted by atomic mass is 16.5. The second-order valence-electron chi connectivity index (χ2n) is 10.2. The second kappa shape index (κ2) is 16.6. The Morgan fingerprint density at radius 1 is 0.600 bits per heavy atom. The maximum atomic E-state index is 12.5. The standard InChI is InChI=1S/C35H39N3O7/c1-41-28-7-5-6-24(18-28)14-16-36-33(39)21-26-9-12-30(32(20-26)44-4)45-35-13-10-27(23-38-35)22-34(40)37-17-15-25-8-11-29(42-2)31(19-25)43-3/h5-13,18-20,23H,14-17,21-22H2,1-4H3,(H,36,39)(H,37,40). The predicted octanol–water partition coefficient (Wildman–Crippen LogP) is 4.71. The van der Waals surface area contributed by atoms with E-state index in [0.29, 0.717) is 54.8 Å². The van der Waals surface area contributed by atoms with Crippen molar-refractivity contribution >= 4 is 11.8 Å². The average Bonchev–Trinajstić information content (AvgIpc) is 3.06. The average molecular weight is 614 g/mol. The van der Waals surface area contributed by atoms with Crippen LogP contribution in [-0.4, -0.2) is 58.3 Å². The Kier molecular flexibility index (Phi) is 12.0. The number of methoxy groups -OCH3 is 4. The molecule has 0 fully saturated rings. The summed E-state index contributed by atoms with van der Waals surface area (Å²) < 4.78 is 27.3. The zero-order valence-corrected chi connectivity index (χ0v) is 26.1. The summed E-state index contributed by atoms with van der Waals surface area (Å²) >= 11 is 0. The minimum Gasteiger partial charge on any atom is -0.497 e. The molecule has 4 rings (SSSR count). The van der Waals surface area contributed by atoms with Crippen molar-refractivity contribution in [2.24, 2.45) is 0 Å². The number of nitrogens with zero attached hydrogens (tertiary/aromatic N) is 1. The lowest BCUT2D eigenvalue weighted by molar-refractivity contribution is -0.121. The maximum absolute atomic E-state index is 12.5. The molecule has 0 aliphatic rings. The molecule has 0 unspecified atom stereocenters. The van der Waals surface area contributed by atoms with Crippen molar-refractivity contribution in [1.29, 1.82) is 0 Å². The number of carbonyl (C=O) groups excluding carboxylic acids is 2. The van der Waals surface area contributed by atoms with Gasteiger partial charge in [0.25, 0.3) is 0 Å². The van der Waals surface area contributed by atoms with Crippen molar-refractivity contribution in [2.75, 3.05) is 41.5 Å². The number of hydrogen-bond acceptors (Lipinski definition) is 8. The fourth-order valence-electron chi connectivity index (χ4n) is 4.65. The van der Waals surface area contributed by atoms with Crippen molar-refractivity contribution in [3.8, 4) is 34.6 Å². The first-order valence-electron chi connectivity index (χ1n) is 14.6. The van der Waals surface area contributed by atoms with Gasteiger partial charge >= 0.3 is 0 Å². The summed E-state index contributed by atoms with van der Waals surface area (Å²) in [7, 11) is 6.36. The molecule has 2 amide bonds. The van der Waals surface area contributed by atoms with E-state index in [1.54, 1.807) is 58.9 Å². The third kappa shape index (κ3) is 9.89. The lowest BCUT2D eigenvalue weighted by Crippen LogP contribution is -2.27. The third-order valence-corrected chi connectivity index (χ3v) is 7.02. The van der Waals surface area contributed by atoms with Gasteiger partial charge in [-0.25, -0.2) is 4.98 Å². The van der Waals surface area contributed by atoms with E-state index in [9.17, 15) is 9.59 Å². The van der Waals surface area contributed by atoms with Gasteiger partial charge in [-0.05, 0) is 71.5 Å². The molecule has 45 heavy (non-hydrogen) atoms. The van der Waals surface area contributed by atoms with Crippen LogP contribution in [0.5, 0.6) is 34.6 Å². The lowest BCUT2D eigenvalue weighted by atomic mass is 10.1. The summed E-state index contributed by atoms with van der Waals surface area (Å²) in [5.74, 6) is 3.23. The maximum Gasteiger partial charge on any atom is 0.224 e. The third-order valence-electron chi connectivity index (χ3n) is 7.02. The van der Waals surface area contributed by atoms with Crippen molar-refractivity contribution in [3.05, 3.63) is 101 Å². The van der Waals surface area contributed by atoms with Crippen molar-refractivity contribution in [3.63, 3.8) is 0 Å². The smallest absolute Gasteiger partial charge is 0.224 e. The van der Waals surface area contributed by atoms with Crippen LogP contribution in [-0.2, 0) is 35.3 Å². The molecule has 0 radical (unpaired) electrons. The zero-order chi connectivity index (χ0) is 32.0. The van der Waals surface area contributed by atoms with Crippen LogP contribution >= 0.6 is 0 Å². The second-order valence-corrected chi connectivity index (χ2v) is 10.2. The van der Waals surface area contributed by atoms with Gasteiger partial charge in [-0.1, -0.05) is 30.3 Å². The highest BCUT2D eigenvalue weighted by molar-refractivity contribution is 5.79. The molecule has 0 saturated carbocycles. The first-order valence-corrected chi connectivity index (χ1v) is 14.6. The van der Waals surface area contributed by atoms with Gasteiger partial charge in [-0.3, -0.25) is 9.59 Å². The Hall–Kier alpha value is -5.25. The van der Waals surface area contributed by atoms with E-state index in [1.165, 1.54) is 0 Å². The normalized spacial score (nSPS) is 10.5. The number of benzene rings is 3. The van der Waals surface area contributed by atoms with Crippen LogP contribution in [0.3, 0.4) is 0 Å². The van der Waals surface area contributed by atoms with Crippen molar-refractivity contribution in [2.45, 2.75) is 25.7 Å². The first-order chi connectivity index (χ1) is 21.9.